The van der Waals surface area contributed by atoms with Gasteiger partial charge < -0.3 is 63.1 Å². The van der Waals surface area contributed by atoms with Crippen molar-refractivity contribution in [3.63, 3.8) is 0 Å². The summed E-state index contributed by atoms with van der Waals surface area (Å²) in [5.74, 6) is 1.34. The van der Waals surface area contributed by atoms with E-state index in [-0.39, 0.29) is 57.5 Å². The fraction of sp³-hybridized carbons (Fsp3) is 0.308. The first-order chi connectivity index (χ1) is 32.7. The molecule has 0 aliphatic carbocycles. The lowest BCUT2D eigenvalue weighted by Crippen LogP contribution is -3.10. The monoisotopic (exact) mass is 1190 g/mol. The van der Waals surface area contributed by atoms with E-state index in [9.17, 15) is 19.8 Å². The maximum atomic E-state index is 13.5. The summed E-state index contributed by atoms with van der Waals surface area (Å²) in [5.41, 5.74) is 6.89. The molecular formula is C52H54Br2Cl4N6O4S2. The van der Waals surface area contributed by atoms with E-state index in [2.05, 4.69) is 38.2 Å². The Labute approximate surface area is 458 Å². The maximum Gasteiger partial charge on any atom is 0.280 e. The van der Waals surface area contributed by atoms with Crippen LogP contribution in [0.1, 0.15) is 81.5 Å². The lowest BCUT2D eigenvalue weighted by molar-refractivity contribution is -0.886. The molecule has 2 aromatic heterocycles. The minimum Gasteiger partial charge on any atom is -1.00 e. The van der Waals surface area contributed by atoms with E-state index in [4.69, 9.17) is 46.4 Å². The maximum absolute atomic E-state index is 13.5. The van der Waals surface area contributed by atoms with Crippen LogP contribution in [-0.4, -0.2) is 94.4 Å². The molecule has 4 aromatic carbocycles. The third kappa shape index (κ3) is 12.3. The number of aromatic hydroxyl groups is 2. The van der Waals surface area contributed by atoms with Crippen LogP contribution in [0.5, 0.6) is 11.8 Å². The Kier molecular flexibility index (Phi) is 19.9. The van der Waals surface area contributed by atoms with Crippen molar-refractivity contribution in [3.8, 4) is 34.3 Å². The summed E-state index contributed by atoms with van der Waals surface area (Å²) in [6, 6.07) is 29.8. The second-order valence-corrected chi connectivity index (χ2v) is 22.2. The number of halogens is 6. The predicted molar refractivity (Wildman–Crippen MR) is 282 cm³/mol. The Morgan fingerprint density at radius 1 is 0.486 bits per heavy atom. The molecule has 2 aliphatic rings. The Hall–Kier alpha value is -3.54. The standard InChI is InChI=1S/C52H52Cl4N6O4S2.2BrH/c1-59(2)39(7-5-27-61-47(33-13-21-37(55)22-14-33)43-41(51(61)65)45(57-49(43)63)31-9-17-35(53)18-10-31)25-29-67-68-30-26-40(60(3)4)8-6-28-62-48(34-15-23-38(56)24-16-34)44-42(52(62)66)46(58-50(44)64)32-11-19-36(54)20-12-32;;/h9-24,39-40,65-66H,5-8,25-30H2,1-4H3;2*1H. The van der Waals surface area contributed by atoms with Crippen molar-refractivity contribution in [2.24, 2.45) is 9.98 Å². The van der Waals surface area contributed by atoms with Gasteiger partial charge in [-0.2, -0.15) is 0 Å². The second kappa shape index (κ2) is 24.9. The first-order valence-electron chi connectivity index (χ1n) is 22.8. The van der Waals surface area contributed by atoms with Gasteiger partial charge in [0.2, 0.25) is 11.8 Å². The van der Waals surface area contributed by atoms with Crippen LogP contribution >= 0.6 is 68.0 Å². The van der Waals surface area contributed by atoms with Gasteiger partial charge in [-0.1, -0.05) is 117 Å². The van der Waals surface area contributed by atoms with Crippen molar-refractivity contribution < 1.29 is 63.6 Å². The molecule has 2 atom stereocenters. The first-order valence-corrected chi connectivity index (χ1v) is 26.8. The summed E-state index contributed by atoms with van der Waals surface area (Å²) in [6.45, 7) is 1.06. The number of quaternary nitrogens is 2. The highest BCUT2D eigenvalue weighted by Gasteiger charge is 2.38. The molecule has 370 valence electrons. The Bertz CT molecular complexity index is 2680. The zero-order chi connectivity index (χ0) is 48.2. The molecule has 2 aliphatic heterocycles. The van der Waals surface area contributed by atoms with E-state index in [1.807, 2.05) is 79.3 Å². The summed E-state index contributed by atoms with van der Waals surface area (Å²) in [6.07, 6.45) is 5.58. The first kappa shape index (κ1) is 55.8. The molecule has 70 heavy (non-hydrogen) atoms. The van der Waals surface area contributed by atoms with Crippen molar-refractivity contribution >= 4 is 91.2 Å². The fourth-order valence-corrected chi connectivity index (χ4v) is 12.1. The lowest BCUT2D eigenvalue weighted by atomic mass is 10.0. The van der Waals surface area contributed by atoms with Crippen LogP contribution in [0.3, 0.4) is 0 Å². The molecule has 0 bridgehead atoms. The van der Waals surface area contributed by atoms with Crippen LogP contribution in [0.15, 0.2) is 107 Å². The van der Waals surface area contributed by atoms with Crippen LogP contribution in [0.25, 0.3) is 22.5 Å². The molecule has 10 nitrogen and oxygen atoms in total. The number of fused-ring (bicyclic) bond motifs is 2. The van der Waals surface area contributed by atoms with Gasteiger partial charge in [0.1, 0.15) is 0 Å². The average molecular weight is 1190 g/mol. The predicted octanol–water partition coefficient (Wildman–Crippen LogP) is 4.09. The number of rotatable bonds is 21. The van der Waals surface area contributed by atoms with E-state index >= 15 is 0 Å². The van der Waals surface area contributed by atoms with E-state index < -0.39 is 0 Å². The number of carbonyl (C=O) groups excluding carboxylic acids is 2. The third-order valence-corrected chi connectivity index (χ3v) is 16.4. The molecule has 0 saturated carbocycles. The molecule has 8 rings (SSSR count). The van der Waals surface area contributed by atoms with Gasteiger partial charge in [-0.15, -0.1) is 0 Å². The summed E-state index contributed by atoms with van der Waals surface area (Å²) >= 11 is 24.9. The van der Waals surface area contributed by atoms with Crippen molar-refractivity contribution in [3.05, 3.63) is 151 Å². The van der Waals surface area contributed by atoms with Crippen molar-refractivity contribution in [1.82, 2.24) is 9.13 Å². The van der Waals surface area contributed by atoms with E-state index in [1.54, 1.807) is 48.5 Å². The molecular weight excluding hydrogens is 1140 g/mol. The highest BCUT2D eigenvalue weighted by molar-refractivity contribution is 8.76. The molecule has 0 saturated heterocycles. The van der Waals surface area contributed by atoms with Gasteiger partial charge in [-0.3, -0.25) is 9.59 Å². The summed E-state index contributed by atoms with van der Waals surface area (Å²) in [4.78, 5) is 38.6. The van der Waals surface area contributed by atoms with E-state index in [0.717, 1.165) is 61.2 Å². The fourth-order valence-electron chi connectivity index (χ4n) is 9.32. The number of nitrogens with zero attached hydrogens (tertiary/aromatic N) is 4. The van der Waals surface area contributed by atoms with Crippen LogP contribution in [-0.2, 0) is 13.1 Å². The molecule has 0 fully saturated rings. The molecule has 0 spiro atoms. The average Bonchev–Trinajstić information content (AvgIpc) is 4.02. The summed E-state index contributed by atoms with van der Waals surface area (Å²) in [7, 11) is 12.6. The molecule has 4 N–H and O–H groups in total. The van der Waals surface area contributed by atoms with Crippen molar-refractivity contribution in [1.29, 1.82) is 0 Å². The summed E-state index contributed by atoms with van der Waals surface area (Å²) < 4.78 is 3.74. The number of aliphatic imine (C=N–C) groups is 2. The third-order valence-electron chi connectivity index (χ3n) is 13.0. The SMILES string of the molecule is C[NH+](C)C(CCCn1c(O)c2c(c1-c1ccc(Cl)cc1)C(=O)N=C2c1ccc(Cl)cc1)CCSSCCC(CCCn1c(O)c2c(c1-c1ccc(Cl)cc1)C(=O)N=C2c1ccc(Cl)cc1)[NH+](C)C.[Br-].[Br-]. The van der Waals surface area contributed by atoms with Crippen molar-refractivity contribution in [2.45, 2.75) is 63.7 Å². The van der Waals surface area contributed by atoms with Gasteiger partial charge in [-0.05, 0) is 72.5 Å². The molecule has 2 unspecified atom stereocenters. The minimum atomic E-state index is -0.379. The van der Waals surface area contributed by atoms with Crippen LogP contribution < -0.4 is 43.8 Å². The quantitative estimate of drug-likeness (QED) is 0.0639. The zero-order valence-electron chi connectivity index (χ0n) is 39.0. The number of amides is 2. The van der Waals surface area contributed by atoms with E-state index in [0.29, 0.717) is 101 Å². The van der Waals surface area contributed by atoms with Gasteiger partial charge in [0.05, 0.1) is 85.3 Å². The number of hydrogen-bond donors (Lipinski definition) is 4. The molecule has 4 heterocycles. The summed E-state index contributed by atoms with van der Waals surface area (Å²) in [5, 5.41) is 25.9. The van der Waals surface area contributed by atoms with Gasteiger partial charge in [0.25, 0.3) is 11.8 Å². The zero-order valence-corrected chi connectivity index (χ0v) is 46.9. The topological polar surface area (TPSA) is 118 Å². The molecule has 18 heteroatoms. The highest BCUT2D eigenvalue weighted by Crippen LogP contribution is 2.43. The van der Waals surface area contributed by atoms with Crippen LogP contribution in [0, 0.1) is 0 Å². The normalized spacial score (nSPS) is 13.8. The Morgan fingerprint density at radius 3 is 1.09 bits per heavy atom. The van der Waals surface area contributed by atoms with Gasteiger partial charge in [0, 0.05) is 81.5 Å². The van der Waals surface area contributed by atoms with Gasteiger partial charge >= 0.3 is 0 Å². The smallest absolute Gasteiger partial charge is 0.280 e. The highest BCUT2D eigenvalue weighted by atomic mass is 79.9. The largest absolute Gasteiger partial charge is 1.00 e. The number of nitrogens with one attached hydrogen (secondary N) is 2. The lowest BCUT2D eigenvalue weighted by Gasteiger charge is -2.23. The van der Waals surface area contributed by atoms with Gasteiger partial charge in [0.15, 0.2) is 0 Å². The number of hydrogen-bond acceptors (Lipinski definition) is 6. The van der Waals surface area contributed by atoms with Gasteiger partial charge in [-0.25, -0.2) is 9.98 Å². The Morgan fingerprint density at radius 2 is 0.786 bits per heavy atom. The second-order valence-electron chi connectivity index (χ2n) is 17.8. The minimum absolute atomic E-state index is 0. The van der Waals surface area contributed by atoms with Crippen molar-refractivity contribution in [2.75, 3.05) is 39.7 Å². The number of aromatic nitrogens is 2. The molecule has 6 aromatic rings. The van der Waals surface area contributed by atoms with Crippen LogP contribution in [0.2, 0.25) is 20.1 Å². The number of benzene rings is 4. The Balaban J connectivity index is 0.00000402. The van der Waals surface area contributed by atoms with E-state index in [1.165, 1.54) is 9.80 Å². The van der Waals surface area contributed by atoms with Crippen LogP contribution in [0.4, 0.5) is 0 Å². The molecule has 2 amide bonds. The molecule has 0 radical (unpaired) electrons. The number of carbonyl (C=O) groups is 2.